The van der Waals surface area contributed by atoms with E-state index in [4.69, 9.17) is 9.47 Å². The van der Waals surface area contributed by atoms with Crippen molar-refractivity contribution in [2.24, 2.45) is 5.92 Å². The Morgan fingerprint density at radius 3 is 2.95 bits per heavy atom. The molecular formula is C17H27NO2. The SMILES string of the molecule is CCNC(Cc1cccc(OC)c1)C1CCOC1CC. The quantitative estimate of drug-likeness (QED) is 0.831. The summed E-state index contributed by atoms with van der Waals surface area (Å²) in [7, 11) is 1.72. The number of rotatable bonds is 7. The van der Waals surface area contributed by atoms with Crippen LogP contribution in [-0.4, -0.2) is 32.4 Å². The van der Waals surface area contributed by atoms with Crippen molar-refractivity contribution in [3.63, 3.8) is 0 Å². The topological polar surface area (TPSA) is 30.5 Å². The molecule has 1 aromatic rings. The molecule has 1 heterocycles. The highest BCUT2D eigenvalue weighted by Gasteiger charge is 2.33. The van der Waals surface area contributed by atoms with Gasteiger partial charge in [-0.25, -0.2) is 0 Å². The van der Waals surface area contributed by atoms with Gasteiger partial charge in [0.05, 0.1) is 13.2 Å². The van der Waals surface area contributed by atoms with Crippen LogP contribution in [0.1, 0.15) is 32.3 Å². The molecule has 1 fully saturated rings. The average Bonchev–Trinajstić information content (AvgIpc) is 2.95. The molecule has 1 saturated heterocycles. The number of benzene rings is 1. The lowest BCUT2D eigenvalue weighted by atomic mass is 9.87. The highest BCUT2D eigenvalue weighted by Crippen LogP contribution is 2.28. The predicted octanol–water partition coefficient (Wildman–Crippen LogP) is 3.03. The first-order valence-electron chi connectivity index (χ1n) is 7.76. The third-order valence-corrected chi connectivity index (χ3v) is 4.24. The normalized spacial score (nSPS) is 23.8. The van der Waals surface area contributed by atoms with E-state index in [0.717, 1.165) is 31.7 Å². The molecule has 3 heteroatoms. The molecule has 3 atom stereocenters. The molecule has 0 aromatic heterocycles. The van der Waals surface area contributed by atoms with Crippen LogP contribution in [0.3, 0.4) is 0 Å². The molecule has 0 saturated carbocycles. The lowest BCUT2D eigenvalue weighted by molar-refractivity contribution is 0.0776. The monoisotopic (exact) mass is 277 g/mol. The van der Waals surface area contributed by atoms with Gasteiger partial charge >= 0.3 is 0 Å². The Hall–Kier alpha value is -1.06. The first-order chi connectivity index (χ1) is 9.78. The standard InChI is InChI=1S/C17H27NO2/c1-4-17-15(9-10-20-17)16(18-5-2)12-13-7-6-8-14(11-13)19-3/h6-8,11,15-18H,4-5,9-10,12H2,1-3H3. The molecule has 0 radical (unpaired) electrons. The van der Waals surface area contributed by atoms with Gasteiger partial charge in [-0.1, -0.05) is 26.0 Å². The largest absolute Gasteiger partial charge is 0.497 e. The first-order valence-corrected chi connectivity index (χ1v) is 7.76. The molecule has 2 rings (SSSR count). The van der Waals surface area contributed by atoms with Crippen LogP contribution in [0.15, 0.2) is 24.3 Å². The Balaban J connectivity index is 2.08. The summed E-state index contributed by atoms with van der Waals surface area (Å²) in [6, 6.07) is 8.88. The van der Waals surface area contributed by atoms with Crippen molar-refractivity contribution < 1.29 is 9.47 Å². The van der Waals surface area contributed by atoms with Gasteiger partial charge in [0.25, 0.3) is 0 Å². The fourth-order valence-electron chi connectivity index (χ4n) is 3.24. The van der Waals surface area contributed by atoms with Crippen molar-refractivity contribution in [1.29, 1.82) is 0 Å². The van der Waals surface area contributed by atoms with E-state index in [1.807, 2.05) is 6.07 Å². The van der Waals surface area contributed by atoms with Crippen LogP contribution in [0, 0.1) is 5.92 Å². The molecule has 1 N–H and O–H groups in total. The summed E-state index contributed by atoms with van der Waals surface area (Å²) < 4.78 is 11.2. The van der Waals surface area contributed by atoms with E-state index in [1.165, 1.54) is 12.0 Å². The Kier molecular flexibility index (Phi) is 5.86. The van der Waals surface area contributed by atoms with Crippen LogP contribution in [0.5, 0.6) is 5.75 Å². The second-order valence-electron chi connectivity index (χ2n) is 5.49. The molecule has 1 aliphatic heterocycles. The number of likely N-dealkylation sites (N-methyl/N-ethyl adjacent to an activating group) is 1. The van der Waals surface area contributed by atoms with E-state index in [-0.39, 0.29) is 0 Å². The minimum atomic E-state index is 0.407. The maximum atomic E-state index is 5.86. The zero-order valence-electron chi connectivity index (χ0n) is 12.9. The first kappa shape index (κ1) is 15.3. The van der Waals surface area contributed by atoms with E-state index < -0.39 is 0 Å². The van der Waals surface area contributed by atoms with E-state index in [2.05, 4.69) is 37.4 Å². The van der Waals surface area contributed by atoms with Gasteiger partial charge in [-0.2, -0.15) is 0 Å². The molecule has 3 nitrogen and oxygen atoms in total. The highest BCUT2D eigenvalue weighted by atomic mass is 16.5. The van der Waals surface area contributed by atoms with Crippen LogP contribution in [-0.2, 0) is 11.2 Å². The summed E-state index contributed by atoms with van der Waals surface area (Å²) in [4.78, 5) is 0. The second-order valence-corrected chi connectivity index (χ2v) is 5.49. The Bertz CT molecular complexity index is 408. The molecule has 1 aliphatic rings. The minimum absolute atomic E-state index is 0.407. The minimum Gasteiger partial charge on any atom is -0.497 e. The van der Waals surface area contributed by atoms with E-state index in [9.17, 15) is 0 Å². The van der Waals surface area contributed by atoms with Gasteiger partial charge < -0.3 is 14.8 Å². The van der Waals surface area contributed by atoms with E-state index in [0.29, 0.717) is 18.1 Å². The number of hydrogen-bond donors (Lipinski definition) is 1. The highest BCUT2D eigenvalue weighted by molar-refractivity contribution is 5.29. The molecular weight excluding hydrogens is 250 g/mol. The molecule has 112 valence electrons. The van der Waals surface area contributed by atoms with Gasteiger partial charge in [-0.3, -0.25) is 0 Å². The Morgan fingerprint density at radius 2 is 2.25 bits per heavy atom. The summed E-state index contributed by atoms with van der Waals surface area (Å²) in [5.74, 6) is 1.55. The maximum Gasteiger partial charge on any atom is 0.119 e. The molecule has 3 unspecified atom stereocenters. The van der Waals surface area contributed by atoms with Gasteiger partial charge in [0, 0.05) is 18.6 Å². The average molecular weight is 277 g/mol. The van der Waals surface area contributed by atoms with E-state index in [1.54, 1.807) is 7.11 Å². The predicted molar refractivity (Wildman–Crippen MR) is 82.3 cm³/mol. The Labute approximate surface area is 122 Å². The van der Waals surface area contributed by atoms with Gasteiger partial charge in [0.2, 0.25) is 0 Å². The summed E-state index contributed by atoms with van der Waals surface area (Å²) in [6.45, 7) is 6.30. The van der Waals surface area contributed by atoms with Gasteiger partial charge in [-0.05, 0) is 43.5 Å². The second kappa shape index (κ2) is 7.65. The molecule has 0 spiro atoms. The van der Waals surface area contributed by atoms with Gasteiger partial charge in [-0.15, -0.1) is 0 Å². The number of methoxy groups -OCH3 is 1. The van der Waals surface area contributed by atoms with E-state index >= 15 is 0 Å². The lowest BCUT2D eigenvalue weighted by Crippen LogP contribution is -2.41. The summed E-state index contributed by atoms with van der Waals surface area (Å²) in [5.41, 5.74) is 1.33. The van der Waals surface area contributed by atoms with Crippen molar-refractivity contribution in [3.05, 3.63) is 29.8 Å². The van der Waals surface area contributed by atoms with Crippen LogP contribution in [0.25, 0.3) is 0 Å². The molecule has 20 heavy (non-hydrogen) atoms. The molecule has 0 amide bonds. The zero-order chi connectivity index (χ0) is 14.4. The van der Waals surface area contributed by atoms with Crippen molar-refractivity contribution in [2.45, 2.75) is 45.3 Å². The fourth-order valence-corrected chi connectivity index (χ4v) is 3.24. The van der Waals surface area contributed by atoms with Crippen molar-refractivity contribution >= 4 is 0 Å². The number of ether oxygens (including phenoxy) is 2. The number of nitrogens with one attached hydrogen (secondary N) is 1. The fraction of sp³-hybridized carbons (Fsp3) is 0.647. The summed E-state index contributed by atoms with van der Waals surface area (Å²) in [5, 5.41) is 3.65. The van der Waals surface area contributed by atoms with Crippen LogP contribution >= 0.6 is 0 Å². The van der Waals surface area contributed by atoms with Crippen LogP contribution in [0.2, 0.25) is 0 Å². The van der Waals surface area contributed by atoms with Crippen LogP contribution < -0.4 is 10.1 Å². The van der Waals surface area contributed by atoms with Crippen LogP contribution in [0.4, 0.5) is 0 Å². The Morgan fingerprint density at radius 1 is 1.40 bits per heavy atom. The summed E-state index contributed by atoms with van der Waals surface area (Å²) >= 11 is 0. The van der Waals surface area contributed by atoms with Crippen molar-refractivity contribution in [1.82, 2.24) is 5.32 Å². The zero-order valence-corrected chi connectivity index (χ0v) is 12.9. The van der Waals surface area contributed by atoms with Gasteiger partial charge in [0.1, 0.15) is 5.75 Å². The maximum absolute atomic E-state index is 5.86. The van der Waals surface area contributed by atoms with Crippen molar-refractivity contribution in [2.75, 3.05) is 20.3 Å². The smallest absolute Gasteiger partial charge is 0.119 e. The molecule has 0 bridgehead atoms. The lowest BCUT2D eigenvalue weighted by Gasteiger charge is -2.28. The van der Waals surface area contributed by atoms with Crippen molar-refractivity contribution in [3.8, 4) is 5.75 Å². The molecule has 0 aliphatic carbocycles. The van der Waals surface area contributed by atoms with Gasteiger partial charge in [0.15, 0.2) is 0 Å². The summed E-state index contributed by atoms with van der Waals surface area (Å²) in [6.07, 6.45) is 3.71. The molecule has 1 aromatic carbocycles. The third kappa shape index (κ3) is 3.74. The third-order valence-electron chi connectivity index (χ3n) is 4.24. The number of hydrogen-bond acceptors (Lipinski definition) is 3.